The number of nitrogens with zero attached hydrogens (tertiary/aromatic N) is 1. The number of carboxylic acids is 1. The van der Waals surface area contributed by atoms with Gasteiger partial charge in [0.15, 0.2) is 0 Å². The number of aliphatic carboxylic acids is 1. The monoisotopic (exact) mass is 495 g/mol. The molecule has 1 heterocycles. The number of carbonyl (C=O) groups excluding carboxylic acids is 2. The molecule has 0 saturated carbocycles. The predicted octanol–water partition coefficient (Wildman–Crippen LogP) is 2.37. The number of hydrogen-bond acceptors (Lipinski definition) is 6. The summed E-state index contributed by atoms with van der Waals surface area (Å²) in [6.07, 6.45) is 3.37. The lowest BCUT2D eigenvalue weighted by molar-refractivity contribution is -0.145. The van der Waals surface area contributed by atoms with Crippen molar-refractivity contribution in [2.45, 2.75) is 83.2 Å². The number of carbonyl (C=O) groups is 3. The Kier molecular flexibility index (Phi) is 13.2. The van der Waals surface area contributed by atoms with E-state index in [-0.39, 0.29) is 36.9 Å². The van der Waals surface area contributed by atoms with Crippen LogP contribution in [0.1, 0.15) is 52.9 Å². The van der Waals surface area contributed by atoms with Crippen LogP contribution in [0.5, 0.6) is 0 Å². The number of nitrogens with one attached hydrogen (secondary N) is 2. The number of ether oxygens (including phenoxy) is 2. The standard InChI is InChI=1S/C26H45N3O6/c1-9-16(3)14-19(26(32)33)28-25(31)18(5)24(35-8)20-12-11-13-29(20)22(30)15-21(34-7)23(27-6)17(4)10-2/h9,17-21,23-24,27H,1,3,10-15H2,2,4-8H3,(H,28,31)(H,32,33)/t17-,18+,19-,20-,21+,23-,24+/m0/s1. The van der Waals surface area contributed by atoms with E-state index < -0.39 is 29.9 Å². The van der Waals surface area contributed by atoms with Gasteiger partial charge in [-0.15, -0.1) is 0 Å². The first-order valence-corrected chi connectivity index (χ1v) is 12.4. The summed E-state index contributed by atoms with van der Waals surface area (Å²) in [5, 5.41) is 15.4. The molecule has 1 saturated heterocycles. The molecule has 1 fully saturated rings. The lowest BCUT2D eigenvalue weighted by Gasteiger charge is -2.36. The fraction of sp³-hybridized carbons (Fsp3) is 0.731. The van der Waals surface area contributed by atoms with Gasteiger partial charge in [-0.05, 0) is 25.8 Å². The van der Waals surface area contributed by atoms with Gasteiger partial charge in [0.25, 0.3) is 0 Å². The van der Waals surface area contributed by atoms with Crippen LogP contribution in [0.2, 0.25) is 0 Å². The lowest BCUT2D eigenvalue weighted by atomic mass is 9.91. The molecule has 200 valence electrons. The highest BCUT2D eigenvalue weighted by Crippen LogP contribution is 2.28. The van der Waals surface area contributed by atoms with Gasteiger partial charge in [-0.1, -0.05) is 52.0 Å². The van der Waals surface area contributed by atoms with Gasteiger partial charge in [0, 0.05) is 33.2 Å². The second kappa shape index (κ2) is 15.0. The van der Waals surface area contributed by atoms with Gasteiger partial charge < -0.3 is 30.1 Å². The van der Waals surface area contributed by atoms with E-state index in [0.29, 0.717) is 24.5 Å². The molecule has 9 heteroatoms. The van der Waals surface area contributed by atoms with Gasteiger partial charge >= 0.3 is 5.97 Å². The molecule has 0 radical (unpaired) electrons. The van der Waals surface area contributed by atoms with E-state index in [0.717, 1.165) is 12.8 Å². The highest BCUT2D eigenvalue weighted by atomic mass is 16.5. The fourth-order valence-electron chi connectivity index (χ4n) is 4.87. The van der Waals surface area contributed by atoms with E-state index in [4.69, 9.17) is 9.47 Å². The predicted molar refractivity (Wildman–Crippen MR) is 136 cm³/mol. The minimum atomic E-state index is -1.15. The smallest absolute Gasteiger partial charge is 0.326 e. The molecule has 0 aliphatic carbocycles. The summed E-state index contributed by atoms with van der Waals surface area (Å²) >= 11 is 0. The van der Waals surface area contributed by atoms with Crippen molar-refractivity contribution in [3.05, 3.63) is 24.8 Å². The first-order chi connectivity index (χ1) is 16.6. The van der Waals surface area contributed by atoms with Crippen molar-refractivity contribution in [1.29, 1.82) is 0 Å². The fourth-order valence-corrected chi connectivity index (χ4v) is 4.87. The van der Waals surface area contributed by atoms with Crippen LogP contribution < -0.4 is 10.6 Å². The summed E-state index contributed by atoms with van der Waals surface area (Å²) in [4.78, 5) is 39.8. The molecule has 9 nitrogen and oxygen atoms in total. The molecule has 0 aromatic rings. The molecule has 0 aromatic heterocycles. The van der Waals surface area contributed by atoms with Crippen molar-refractivity contribution in [3.8, 4) is 0 Å². The van der Waals surface area contributed by atoms with Gasteiger partial charge in [0.2, 0.25) is 11.8 Å². The summed E-state index contributed by atoms with van der Waals surface area (Å²) in [6, 6.07) is -1.36. The van der Waals surface area contributed by atoms with E-state index >= 15 is 0 Å². The summed E-state index contributed by atoms with van der Waals surface area (Å²) in [5.41, 5.74) is 0.520. The van der Waals surface area contributed by atoms with Crippen LogP contribution >= 0.6 is 0 Å². The summed E-state index contributed by atoms with van der Waals surface area (Å²) in [5.74, 6) is -1.96. The Morgan fingerprint density at radius 2 is 1.86 bits per heavy atom. The van der Waals surface area contributed by atoms with E-state index in [1.165, 1.54) is 13.2 Å². The van der Waals surface area contributed by atoms with Gasteiger partial charge in [-0.3, -0.25) is 9.59 Å². The number of allylic oxidation sites excluding steroid dienone is 1. The first-order valence-electron chi connectivity index (χ1n) is 12.4. The SMILES string of the molecule is C=CC(=C)C[C@H](NC(=O)[C@H](C)[C@@H](OC)[C@@H]1CCCN1C(=O)C[C@@H](OC)[C@@H](NC)[C@@H](C)CC)C(=O)O. The Morgan fingerprint density at radius 1 is 1.20 bits per heavy atom. The Bertz CT molecular complexity index is 743. The zero-order chi connectivity index (χ0) is 26.7. The normalized spacial score (nSPS) is 20.9. The summed E-state index contributed by atoms with van der Waals surface area (Å²) < 4.78 is 11.4. The maximum atomic E-state index is 13.4. The van der Waals surface area contributed by atoms with Gasteiger partial charge in [0.1, 0.15) is 6.04 Å². The van der Waals surface area contributed by atoms with Crippen LogP contribution in [0.15, 0.2) is 24.8 Å². The molecule has 0 unspecified atom stereocenters. The van der Waals surface area contributed by atoms with Crippen LogP contribution in [-0.4, -0.2) is 85.9 Å². The molecule has 1 aliphatic heterocycles. The highest BCUT2D eigenvalue weighted by molar-refractivity contribution is 5.85. The maximum Gasteiger partial charge on any atom is 0.326 e. The molecule has 1 rings (SSSR count). The van der Waals surface area contributed by atoms with Crippen molar-refractivity contribution < 1.29 is 29.0 Å². The van der Waals surface area contributed by atoms with Crippen molar-refractivity contribution in [2.75, 3.05) is 27.8 Å². The van der Waals surface area contributed by atoms with E-state index in [1.54, 1.807) is 18.9 Å². The quantitative estimate of drug-likeness (QED) is 0.281. The number of amides is 2. The lowest BCUT2D eigenvalue weighted by Crippen LogP contribution is -2.53. The topological polar surface area (TPSA) is 117 Å². The molecule has 3 N–H and O–H groups in total. The number of likely N-dealkylation sites (tertiary alicyclic amines) is 1. The van der Waals surface area contributed by atoms with E-state index in [1.807, 2.05) is 7.05 Å². The Balaban J connectivity index is 2.97. The molecule has 1 aliphatic rings. The Morgan fingerprint density at radius 3 is 2.34 bits per heavy atom. The van der Waals surface area contributed by atoms with E-state index in [9.17, 15) is 19.5 Å². The summed E-state index contributed by atoms with van der Waals surface area (Å²) in [6.45, 7) is 13.8. The first kappa shape index (κ1) is 30.8. The highest BCUT2D eigenvalue weighted by Gasteiger charge is 2.41. The van der Waals surface area contributed by atoms with Crippen molar-refractivity contribution in [3.63, 3.8) is 0 Å². The molecular formula is C26H45N3O6. The van der Waals surface area contributed by atoms with Crippen LogP contribution in [-0.2, 0) is 23.9 Å². The number of carboxylic acid groups (broad SMARTS) is 1. The van der Waals surface area contributed by atoms with Gasteiger partial charge in [-0.25, -0.2) is 4.79 Å². The third-order valence-electron chi connectivity index (χ3n) is 7.22. The van der Waals surface area contributed by atoms with Crippen LogP contribution in [0, 0.1) is 11.8 Å². The van der Waals surface area contributed by atoms with Crippen molar-refractivity contribution in [2.24, 2.45) is 11.8 Å². The van der Waals surface area contributed by atoms with Crippen LogP contribution in [0.25, 0.3) is 0 Å². The third kappa shape index (κ3) is 8.44. The number of hydrogen-bond donors (Lipinski definition) is 3. The van der Waals surface area contributed by atoms with Crippen LogP contribution in [0.3, 0.4) is 0 Å². The number of rotatable bonds is 16. The second-order valence-electron chi connectivity index (χ2n) is 9.43. The largest absolute Gasteiger partial charge is 0.480 e. The molecule has 0 spiro atoms. The molecular weight excluding hydrogens is 450 g/mol. The molecule has 0 bridgehead atoms. The zero-order valence-corrected chi connectivity index (χ0v) is 22.2. The minimum absolute atomic E-state index is 0.0381. The van der Waals surface area contributed by atoms with Crippen molar-refractivity contribution in [1.82, 2.24) is 15.5 Å². The van der Waals surface area contributed by atoms with Gasteiger partial charge in [0.05, 0.1) is 30.6 Å². The number of likely N-dealkylation sites (N-methyl/N-ethyl adjacent to an activating group) is 1. The minimum Gasteiger partial charge on any atom is -0.480 e. The average molecular weight is 496 g/mol. The molecule has 35 heavy (non-hydrogen) atoms. The summed E-state index contributed by atoms with van der Waals surface area (Å²) in [7, 11) is 5.01. The Labute approximate surface area is 210 Å². The van der Waals surface area contributed by atoms with E-state index in [2.05, 4.69) is 37.6 Å². The molecule has 7 atom stereocenters. The average Bonchev–Trinajstić information content (AvgIpc) is 3.32. The number of methoxy groups -OCH3 is 2. The van der Waals surface area contributed by atoms with Crippen LogP contribution in [0.4, 0.5) is 0 Å². The molecule has 2 amide bonds. The second-order valence-corrected chi connectivity index (χ2v) is 9.43. The zero-order valence-electron chi connectivity index (χ0n) is 22.2. The van der Waals surface area contributed by atoms with Crippen molar-refractivity contribution >= 4 is 17.8 Å². The third-order valence-corrected chi connectivity index (χ3v) is 7.22. The van der Waals surface area contributed by atoms with Gasteiger partial charge in [-0.2, -0.15) is 0 Å². The maximum absolute atomic E-state index is 13.4. The molecule has 0 aromatic carbocycles. The Hall–Kier alpha value is -2.23.